The van der Waals surface area contributed by atoms with Crippen LogP contribution in [-0.4, -0.2) is 19.2 Å². The first kappa shape index (κ1) is 20.7. The minimum absolute atomic E-state index is 0.0391. The molecule has 158 valence electrons. The summed E-state index contributed by atoms with van der Waals surface area (Å²) >= 11 is 0. The number of nitrogens with two attached hydrogens (primary N) is 1. The monoisotopic (exact) mass is 416 g/mol. The number of nitrogen functional groups attached to an aromatic ring is 1. The molecule has 3 aromatic carbocycles. The van der Waals surface area contributed by atoms with E-state index >= 15 is 0 Å². The molecule has 1 amide bonds. The van der Waals surface area contributed by atoms with E-state index in [1.165, 1.54) is 34.4 Å². The van der Waals surface area contributed by atoms with Crippen LogP contribution >= 0.6 is 0 Å². The zero-order chi connectivity index (χ0) is 21.8. The van der Waals surface area contributed by atoms with Gasteiger partial charge in [-0.3, -0.25) is 0 Å². The first-order chi connectivity index (χ1) is 15.0. The zero-order valence-electron chi connectivity index (χ0n) is 17.4. The standard InChI is InChI=1S/C26H25FN2O2/c1-17-14-19(27)15-18(25(17)28)8-6-7-13-29-26(30)31-16-24-22-11-4-2-9-20(22)21-10-3-5-12-23(21)24/h2-6,8-12,14-15,24H,7,13,16,28H2,1H3,(H,29,30). The highest BCUT2D eigenvalue weighted by Gasteiger charge is 2.28. The molecule has 0 bridgehead atoms. The van der Waals surface area contributed by atoms with Crippen molar-refractivity contribution in [3.8, 4) is 11.1 Å². The van der Waals surface area contributed by atoms with Gasteiger partial charge in [0.2, 0.25) is 0 Å². The molecule has 3 N–H and O–H groups in total. The summed E-state index contributed by atoms with van der Waals surface area (Å²) in [6.07, 6.45) is 3.76. The number of nitrogens with one attached hydrogen (secondary N) is 1. The van der Waals surface area contributed by atoms with Gasteiger partial charge in [-0.15, -0.1) is 0 Å². The van der Waals surface area contributed by atoms with Crippen LogP contribution < -0.4 is 11.1 Å². The third-order valence-corrected chi connectivity index (χ3v) is 5.61. The second kappa shape index (κ2) is 9.04. The Balaban J connectivity index is 1.29. The Kier molecular flexibility index (Phi) is 6.03. The van der Waals surface area contributed by atoms with Crippen molar-refractivity contribution in [2.24, 2.45) is 0 Å². The maximum Gasteiger partial charge on any atom is 0.407 e. The number of hydrogen-bond acceptors (Lipinski definition) is 3. The van der Waals surface area contributed by atoms with Crippen molar-refractivity contribution in [3.05, 3.63) is 94.8 Å². The lowest BCUT2D eigenvalue weighted by Gasteiger charge is -2.14. The lowest BCUT2D eigenvalue weighted by molar-refractivity contribution is 0.143. The van der Waals surface area contributed by atoms with Gasteiger partial charge in [-0.05, 0) is 53.3 Å². The maximum absolute atomic E-state index is 13.5. The number of alkyl carbamates (subject to hydrolysis) is 1. The predicted molar refractivity (Wildman–Crippen MR) is 122 cm³/mol. The van der Waals surface area contributed by atoms with Gasteiger partial charge < -0.3 is 15.8 Å². The average Bonchev–Trinajstić information content (AvgIpc) is 3.09. The van der Waals surface area contributed by atoms with E-state index in [9.17, 15) is 9.18 Å². The van der Waals surface area contributed by atoms with Crippen LogP contribution in [0.4, 0.5) is 14.9 Å². The summed E-state index contributed by atoms with van der Waals surface area (Å²) in [7, 11) is 0. The Labute approximate surface area is 181 Å². The summed E-state index contributed by atoms with van der Waals surface area (Å²) < 4.78 is 19.0. The van der Waals surface area contributed by atoms with E-state index in [1.807, 2.05) is 30.3 Å². The van der Waals surface area contributed by atoms with Gasteiger partial charge in [-0.1, -0.05) is 60.7 Å². The van der Waals surface area contributed by atoms with Gasteiger partial charge in [0.1, 0.15) is 12.4 Å². The summed E-state index contributed by atoms with van der Waals surface area (Å²) in [4.78, 5) is 12.2. The number of amides is 1. The Morgan fingerprint density at radius 1 is 1.10 bits per heavy atom. The van der Waals surface area contributed by atoms with E-state index in [-0.39, 0.29) is 18.3 Å². The number of halogens is 1. The molecule has 5 heteroatoms. The van der Waals surface area contributed by atoms with Crippen LogP contribution in [0.3, 0.4) is 0 Å². The number of aryl methyl sites for hydroxylation is 1. The van der Waals surface area contributed by atoms with Gasteiger partial charge in [0.15, 0.2) is 0 Å². The van der Waals surface area contributed by atoms with Crippen molar-refractivity contribution in [1.29, 1.82) is 0 Å². The lowest BCUT2D eigenvalue weighted by atomic mass is 9.98. The molecule has 0 aliphatic heterocycles. The molecule has 0 spiro atoms. The van der Waals surface area contributed by atoms with Gasteiger partial charge in [-0.2, -0.15) is 0 Å². The Morgan fingerprint density at radius 3 is 2.42 bits per heavy atom. The number of rotatable bonds is 6. The minimum atomic E-state index is -0.448. The van der Waals surface area contributed by atoms with E-state index in [4.69, 9.17) is 10.5 Å². The fourth-order valence-corrected chi connectivity index (χ4v) is 4.04. The third-order valence-electron chi connectivity index (χ3n) is 5.61. The summed E-state index contributed by atoms with van der Waals surface area (Å²) in [6.45, 7) is 2.48. The molecule has 0 unspecified atom stereocenters. The lowest BCUT2D eigenvalue weighted by Crippen LogP contribution is -2.26. The molecule has 0 aromatic heterocycles. The molecule has 4 rings (SSSR count). The maximum atomic E-state index is 13.5. The summed E-state index contributed by atoms with van der Waals surface area (Å²) in [5.41, 5.74) is 12.6. The van der Waals surface area contributed by atoms with Gasteiger partial charge in [0.05, 0.1) is 0 Å². The molecule has 0 radical (unpaired) electrons. The molecular weight excluding hydrogens is 391 g/mol. The summed E-state index contributed by atoms with van der Waals surface area (Å²) in [6, 6.07) is 19.3. The van der Waals surface area contributed by atoms with Gasteiger partial charge in [-0.25, -0.2) is 9.18 Å². The number of fused-ring (bicyclic) bond motifs is 3. The van der Waals surface area contributed by atoms with Crippen LogP contribution in [-0.2, 0) is 4.74 Å². The minimum Gasteiger partial charge on any atom is -0.449 e. The van der Waals surface area contributed by atoms with Crippen molar-refractivity contribution in [1.82, 2.24) is 5.32 Å². The quantitative estimate of drug-likeness (QED) is 0.403. The fraction of sp³-hybridized carbons (Fsp3) is 0.192. The van der Waals surface area contributed by atoms with Crippen LogP contribution in [0.2, 0.25) is 0 Å². The van der Waals surface area contributed by atoms with Gasteiger partial charge >= 0.3 is 6.09 Å². The molecule has 3 aromatic rings. The molecule has 0 saturated heterocycles. The molecule has 31 heavy (non-hydrogen) atoms. The molecular formula is C26H25FN2O2. The highest BCUT2D eigenvalue weighted by molar-refractivity contribution is 5.79. The van der Waals surface area contributed by atoms with E-state index in [0.29, 0.717) is 29.8 Å². The van der Waals surface area contributed by atoms with Crippen molar-refractivity contribution >= 4 is 17.9 Å². The average molecular weight is 416 g/mol. The van der Waals surface area contributed by atoms with E-state index in [1.54, 1.807) is 13.0 Å². The molecule has 0 saturated carbocycles. The van der Waals surface area contributed by atoms with E-state index in [2.05, 4.69) is 29.6 Å². The van der Waals surface area contributed by atoms with Crippen molar-refractivity contribution in [2.45, 2.75) is 19.3 Å². The van der Waals surface area contributed by atoms with E-state index in [0.717, 1.165) is 0 Å². The van der Waals surface area contributed by atoms with Crippen LogP contribution in [0, 0.1) is 12.7 Å². The molecule has 1 aliphatic carbocycles. The number of benzene rings is 3. The normalized spacial score (nSPS) is 12.6. The summed E-state index contributed by atoms with van der Waals surface area (Å²) in [5, 5.41) is 2.76. The number of ether oxygens (including phenoxy) is 1. The van der Waals surface area contributed by atoms with Crippen molar-refractivity contribution in [3.63, 3.8) is 0 Å². The second-order valence-corrected chi connectivity index (χ2v) is 7.67. The molecule has 0 fully saturated rings. The zero-order valence-corrected chi connectivity index (χ0v) is 17.4. The fourth-order valence-electron chi connectivity index (χ4n) is 4.04. The van der Waals surface area contributed by atoms with Gasteiger partial charge in [0.25, 0.3) is 0 Å². The smallest absolute Gasteiger partial charge is 0.407 e. The first-order valence-corrected chi connectivity index (χ1v) is 10.4. The Bertz CT molecular complexity index is 1090. The Morgan fingerprint density at radius 2 is 1.74 bits per heavy atom. The van der Waals surface area contributed by atoms with E-state index < -0.39 is 6.09 Å². The van der Waals surface area contributed by atoms with Crippen LogP contribution in [0.5, 0.6) is 0 Å². The molecule has 4 nitrogen and oxygen atoms in total. The molecule has 0 atom stereocenters. The van der Waals surface area contributed by atoms with Gasteiger partial charge in [0, 0.05) is 23.7 Å². The molecule has 1 aliphatic rings. The Hall–Kier alpha value is -3.60. The first-order valence-electron chi connectivity index (χ1n) is 10.4. The van der Waals surface area contributed by atoms with Crippen molar-refractivity contribution < 1.29 is 13.9 Å². The summed E-state index contributed by atoms with van der Waals surface area (Å²) in [5.74, 6) is -0.277. The van der Waals surface area contributed by atoms with Crippen LogP contribution in [0.25, 0.3) is 17.2 Å². The SMILES string of the molecule is Cc1cc(F)cc(C=CCCNC(=O)OCC2c3ccccc3-c3ccccc32)c1N. The largest absolute Gasteiger partial charge is 0.449 e. The topological polar surface area (TPSA) is 64.3 Å². The molecule has 0 heterocycles. The number of carbonyl (C=O) groups is 1. The number of carbonyl (C=O) groups excluding carboxylic acids is 1. The van der Waals surface area contributed by atoms with Crippen LogP contribution in [0.1, 0.15) is 34.6 Å². The number of anilines is 1. The highest BCUT2D eigenvalue weighted by atomic mass is 19.1. The highest BCUT2D eigenvalue weighted by Crippen LogP contribution is 2.44. The van der Waals surface area contributed by atoms with Crippen LogP contribution in [0.15, 0.2) is 66.7 Å². The number of hydrogen-bond donors (Lipinski definition) is 2. The predicted octanol–water partition coefficient (Wildman–Crippen LogP) is 5.66. The van der Waals surface area contributed by atoms with Crippen molar-refractivity contribution in [2.75, 3.05) is 18.9 Å². The third kappa shape index (κ3) is 4.45. The second-order valence-electron chi connectivity index (χ2n) is 7.67.